The number of aromatic nitrogens is 1. The van der Waals surface area contributed by atoms with E-state index in [9.17, 15) is 4.79 Å². The maximum absolute atomic E-state index is 13.2. The number of piperidine rings is 2. The Labute approximate surface area is 189 Å². The Balaban J connectivity index is 1.20. The molecule has 32 heavy (non-hydrogen) atoms. The van der Waals surface area contributed by atoms with Gasteiger partial charge in [-0.05, 0) is 55.9 Å². The number of carbonyl (C=O) groups is 1. The van der Waals surface area contributed by atoms with Crippen molar-refractivity contribution in [1.82, 2.24) is 9.88 Å². The van der Waals surface area contributed by atoms with E-state index in [1.807, 2.05) is 36.2 Å². The lowest BCUT2D eigenvalue weighted by molar-refractivity contribution is -0.135. The number of nitrogens with zero attached hydrogens (tertiary/aromatic N) is 4. The van der Waals surface area contributed by atoms with Gasteiger partial charge in [0.25, 0.3) is 6.01 Å². The van der Waals surface area contributed by atoms with Gasteiger partial charge in [-0.25, -0.2) is 0 Å². The van der Waals surface area contributed by atoms with Crippen LogP contribution in [0.1, 0.15) is 37.7 Å². The molecule has 5 rings (SSSR count). The van der Waals surface area contributed by atoms with Crippen LogP contribution < -0.4 is 9.80 Å². The molecule has 0 unspecified atom stereocenters. The molecule has 0 radical (unpaired) electrons. The van der Waals surface area contributed by atoms with Crippen LogP contribution in [0.5, 0.6) is 0 Å². The number of rotatable bonds is 5. The SMILES string of the molecule is CN(Cc1ccccc1N1CCCCC1)C(=O)C1CCN(c2nc3ccccc3o2)CC1. The highest BCUT2D eigenvalue weighted by Crippen LogP contribution is 2.29. The second kappa shape index (κ2) is 9.23. The number of oxazole rings is 1. The van der Waals surface area contributed by atoms with Gasteiger partial charge in [-0.15, -0.1) is 0 Å². The van der Waals surface area contributed by atoms with E-state index >= 15 is 0 Å². The third kappa shape index (κ3) is 4.31. The number of fused-ring (bicyclic) bond motifs is 1. The molecule has 2 aromatic carbocycles. The Hall–Kier alpha value is -3.02. The minimum atomic E-state index is 0.0581. The molecule has 0 atom stereocenters. The van der Waals surface area contributed by atoms with Crippen molar-refractivity contribution in [3.63, 3.8) is 0 Å². The molecule has 1 aromatic heterocycles. The fraction of sp³-hybridized carbons (Fsp3) is 0.462. The highest BCUT2D eigenvalue weighted by molar-refractivity contribution is 5.79. The van der Waals surface area contributed by atoms with Crippen LogP contribution in [-0.2, 0) is 11.3 Å². The van der Waals surface area contributed by atoms with Gasteiger partial charge in [-0.3, -0.25) is 4.79 Å². The van der Waals surface area contributed by atoms with E-state index in [4.69, 9.17) is 4.42 Å². The number of hydrogen-bond acceptors (Lipinski definition) is 5. The molecule has 2 aliphatic heterocycles. The number of amides is 1. The molecule has 0 bridgehead atoms. The predicted octanol–water partition coefficient (Wildman–Crippen LogP) is 4.69. The Kier molecular flexibility index (Phi) is 6.02. The summed E-state index contributed by atoms with van der Waals surface area (Å²) in [6.45, 7) is 4.48. The van der Waals surface area contributed by atoms with Crippen LogP contribution in [0.2, 0.25) is 0 Å². The Morgan fingerprint density at radius 1 is 0.969 bits per heavy atom. The van der Waals surface area contributed by atoms with Crippen LogP contribution in [-0.4, -0.2) is 49.0 Å². The standard InChI is InChI=1S/C26H32N4O2/c1-28(19-21-9-3-5-11-23(21)29-15-7-2-8-16-29)25(31)20-13-17-30(18-14-20)26-27-22-10-4-6-12-24(22)32-26/h3-6,9-12,20H,2,7-8,13-19H2,1H3. The van der Waals surface area contributed by atoms with Crippen LogP contribution in [0, 0.1) is 5.92 Å². The third-order valence-electron chi connectivity index (χ3n) is 6.87. The summed E-state index contributed by atoms with van der Waals surface area (Å²) in [5.74, 6) is 0.304. The summed E-state index contributed by atoms with van der Waals surface area (Å²) >= 11 is 0. The Morgan fingerprint density at radius 3 is 2.47 bits per heavy atom. The normalized spacial score (nSPS) is 17.7. The second-order valence-corrected chi connectivity index (χ2v) is 9.10. The van der Waals surface area contributed by atoms with Gasteiger partial charge in [-0.2, -0.15) is 4.98 Å². The minimum Gasteiger partial charge on any atom is -0.423 e. The summed E-state index contributed by atoms with van der Waals surface area (Å²) < 4.78 is 5.92. The average Bonchev–Trinajstić information content (AvgIpc) is 3.29. The summed E-state index contributed by atoms with van der Waals surface area (Å²) in [6.07, 6.45) is 5.48. The predicted molar refractivity (Wildman–Crippen MR) is 128 cm³/mol. The second-order valence-electron chi connectivity index (χ2n) is 9.10. The van der Waals surface area contributed by atoms with E-state index in [-0.39, 0.29) is 11.8 Å². The molecule has 168 valence electrons. The molecule has 3 aromatic rings. The molecular formula is C26H32N4O2. The molecule has 0 aliphatic carbocycles. The lowest BCUT2D eigenvalue weighted by Crippen LogP contribution is -2.41. The quantitative estimate of drug-likeness (QED) is 0.585. The van der Waals surface area contributed by atoms with Crippen LogP contribution in [0.15, 0.2) is 52.9 Å². The van der Waals surface area contributed by atoms with E-state index in [1.54, 1.807) is 0 Å². The van der Waals surface area contributed by atoms with Crippen LogP contribution in [0.4, 0.5) is 11.7 Å². The van der Waals surface area contributed by atoms with Crippen molar-refractivity contribution in [2.45, 2.75) is 38.6 Å². The molecule has 2 saturated heterocycles. The fourth-order valence-corrected chi connectivity index (χ4v) is 5.05. The van der Waals surface area contributed by atoms with Crippen LogP contribution in [0.25, 0.3) is 11.1 Å². The molecule has 6 heteroatoms. The molecule has 3 heterocycles. The van der Waals surface area contributed by atoms with Crippen LogP contribution >= 0.6 is 0 Å². The topological polar surface area (TPSA) is 52.8 Å². The van der Waals surface area contributed by atoms with Gasteiger partial charge >= 0.3 is 0 Å². The van der Waals surface area contributed by atoms with E-state index in [1.165, 1.54) is 30.5 Å². The van der Waals surface area contributed by atoms with Gasteiger partial charge < -0.3 is 19.1 Å². The fourth-order valence-electron chi connectivity index (χ4n) is 5.05. The molecular weight excluding hydrogens is 400 g/mol. The largest absolute Gasteiger partial charge is 0.423 e. The Bertz CT molecular complexity index is 1030. The average molecular weight is 433 g/mol. The monoisotopic (exact) mass is 432 g/mol. The van der Waals surface area contributed by atoms with Gasteiger partial charge in [0, 0.05) is 51.4 Å². The van der Waals surface area contributed by atoms with Crippen molar-refractivity contribution < 1.29 is 9.21 Å². The maximum atomic E-state index is 13.2. The first-order valence-corrected chi connectivity index (χ1v) is 11.9. The summed E-state index contributed by atoms with van der Waals surface area (Å²) in [4.78, 5) is 24.4. The number of para-hydroxylation sites is 3. The van der Waals surface area contributed by atoms with E-state index in [0.29, 0.717) is 12.6 Å². The van der Waals surface area contributed by atoms with Gasteiger partial charge in [0.1, 0.15) is 5.52 Å². The lowest BCUT2D eigenvalue weighted by atomic mass is 9.95. The molecule has 6 nitrogen and oxygen atoms in total. The highest BCUT2D eigenvalue weighted by Gasteiger charge is 2.29. The Morgan fingerprint density at radius 2 is 1.69 bits per heavy atom. The van der Waals surface area contributed by atoms with Gasteiger partial charge in [0.05, 0.1) is 0 Å². The zero-order chi connectivity index (χ0) is 21.9. The molecule has 2 aliphatic rings. The first-order chi connectivity index (χ1) is 15.7. The maximum Gasteiger partial charge on any atom is 0.298 e. The zero-order valence-corrected chi connectivity index (χ0v) is 18.9. The number of carbonyl (C=O) groups excluding carboxylic acids is 1. The highest BCUT2D eigenvalue weighted by atomic mass is 16.4. The summed E-state index contributed by atoms with van der Waals surface area (Å²) in [7, 11) is 1.95. The van der Waals surface area contributed by atoms with Crippen LogP contribution in [0.3, 0.4) is 0 Å². The van der Waals surface area contributed by atoms with Crippen molar-refractivity contribution >= 4 is 28.7 Å². The summed E-state index contributed by atoms with van der Waals surface area (Å²) in [6, 6.07) is 17.1. The smallest absolute Gasteiger partial charge is 0.298 e. The van der Waals surface area contributed by atoms with Gasteiger partial charge in [0.2, 0.25) is 5.91 Å². The molecule has 0 saturated carbocycles. The van der Waals surface area contributed by atoms with E-state index < -0.39 is 0 Å². The van der Waals surface area contributed by atoms with Crippen molar-refractivity contribution in [1.29, 1.82) is 0 Å². The van der Waals surface area contributed by atoms with Crippen molar-refractivity contribution in [2.24, 2.45) is 5.92 Å². The summed E-state index contributed by atoms with van der Waals surface area (Å²) in [5, 5.41) is 0. The summed E-state index contributed by atoms with van der Waals surface area (Å²) in [5.41, 5.74) is 4.23. The minimum absolute atomic E-state index is 0.0581. The van der Waals surface area contributed by atoms with E-state index in [0.717, 1.165) is 50.1 Å². The van der Waals surface area contributed by atoms with Gasteiger partial charge in [-0.1, -0.05) is 30.3 Å². The first kappa shape index (κ1) is 20.9. The zero-order valence-electron chi connectivity index (χ0n) is 18.9. The van der Waals surface area contributed by atoms with Gasteiger partial charge in [0.15, 0.2) is 5.58 Å². The van der Waals surface area contributed by atoms with E-state index in [2.05, 4.69) is 39.0 Å². The number of hydrogen-bond donors (Lipinski definition) is 0. The van der Waals surface area contributed by atoms with Crippen molar-refractivity contribution in [3.05, 3.63) is 54.1 Å². The lowest BCUT2D eigenvalue weighted by Gasteiger charge is -2.34. The molecule has 2 fully saturated rings. The molecule has 1 amide bonds. The van der Waals surface area contributed by atoms with Crippen molar-refractivity contribution in [3.8, 4) is 0 Å². The molecule has 0 N–H and O–H groups in total. The first-order valence-electron chi connectivity index (χ1n) is 11.9. The number of benzene rings is 2. The third-order valence-corrected chi connectivity index (χ3v) is 6.87. The number of anilines is 2. The molecule has 0 spiro atoms. The van der Waals surface area contributed by atoms with Crippen molar-refractivity contribution in [2.75, 3.05) is 43.0 Å².